The van der Waals surface area contributed by atoms with Gasteiger partial charge in [0.15, 0.2) is 0 Å². The van der Waals surface area contributed by atoms with Crippen LogP contribution in [0.4, 0.5) is 0 Å². The van der Waals surface area contributed by atoms with Crippen molar-refractivity contribution in [1.82, 2.24) is 0 Å². The number of halogens is 2. The van der Waals surface area contributed by atoms with Crippen LogP contribution in [0.15, 0.2) is 260 Å². The molecule has 16 rings (SSSR count). The molecule has 0 spiro atoms. The van der Waals surface area contributed by atoms with Crippen molar-refractivity contribution in [3.8, 4) is 0 Å². The summed E-state index contributed by atoms with van der Waals surface area (Å²) >= 11 is -0.826. The van der Waals surface area contributed by atoms with Crippen LogP contribution in [-0.2, 0) is 119 Å². The molecule has 6 heteroatoms. The Balaban J connectivity index is -0.000000142. The fourth-order valence-corrected chi connectivity index (χ4v) is 16.3. The molecule has 0 nitrogen and oxygen atoms in total. The molecule has 0 aromatic heterocycles. The average Bonchev–Trinajstić information content (AvgIpc) is 1.60. The summed E-state index contributed by atoms with van der Waals surface area (Å²) in [6.07, 6.45) is 23.3. The monoisotopic (exact) mass is 1960 g/mol. The van der Waals surface area contributed by atoms with Crippen molar-refractivity contribution in [3.63, 3.8) is 0 Å². The Kier molecular flexibility index (Phi) is 73.3. The van der Waals surface area contributed by atoms with Crippen LogP contribution in [0.2, 0.25) is 0 Å². The molecule has 3 atom stereocenters. The van der Waals surface area contributed by atoms with Gasteiger partial charge < -0.3 is 104 Å². The minimum atomic E-state index is -0.826. The third-order valence-corrected chi connectivity index (χ3v) is 24.7. The Labute approximate surface area is 821 Å². The van der Waals surface area contributed by atoms with Crippen molar-refractivity contribution in [2.75, 3.05) is 0 Å². The van der Waals surface area contributed by atoms with Gasteiger partial charge in [-0.25, -0.2) is 0 Å². The Morgan fingerprint density at radius 2 is 0.517 bits per heavy atom. The molecule has 0 radical (unpaired) electrons. The fourth-order valence-electron chi connectivity index (χ4n) is 16.3. The van der Waals surface area contributed by atoms with E-state index in [-0.39, 0.29) is 183 Å². The first kappa shape index (κ1) is 136. The summed E-state index contributed by atoms with van der Waals surface area (Å²) in [6.45, 7) is 51.3. The second-order valence-electron chi connectivity index (χ2n) is 29.7. The van der Waals surface area contributed by atoms with Crippen LogP contribution in [0.1, 0.15) is 242 Å². The molecule has 0 saturated carbocycles. The Morgan fingerprint density at radius 3 is 0.717 bits per heavy atom. The molecule has 0 bridgehead atoms. The van der Waals surface area contributed by atoms with Gasteiger partial charge in [0.1, 0.15) is 0 Å². The van der Waals surface area contributed by atoms with Crippen molar-refractivity contribution in [2.24, 2.45) is 23.7 Å². The summed E-state index contributed by atoms with van der Waals surface area (Å²) < 4.78 is 0. The summed E-state index contributed by atoms with van der Waals surface area (Å²) in [6, 6.07) is 52.9. The normalized spacial score (nSPS) is 15.6. The van der Waals surface area contributed by atoms with E-state index in [1.54, 1.807) is 27.9 Å². The molecule has 8 aromatic carbocycles. The van der Waals surface area contributed by atoms with E-state index in [9.17, 15) is 0 Å². The van der Waals surface area contributed by atoms with E-state index in [0.717, 1.165) is 44.9 Å². The van der Waals surface area contributed by atoms with Gasteiger partial charge >= 0.3 is 116 Å². The molecule has 0 saturated heterocycles. The van der Waals surface area contributed by atoms with Crippen molar-refractivity contribution in [1.29, 1.82) is 0 Å². The third-order valence-electron chi connectivity index (χ3n) is 24.7. The first-order chi connectivity index (χ1) is 49.3. The molecule has 8 aliphatic rings. The van der Waals surface area contributed by atoms with E-state index >= 15 is 0 Å². The summed E-state index contributed by atoms with van der Waals surface area (Å²) in [5.74, 6) is 3.38. The first-order valence-electron chi connectivity index (χ1n) is 38.5. The van der Waals surface area contributed by atoms with E-state index in [2.05, 4.69) is 341 Å². The molecule has 0 aliphatic heterocycles. The molecule has 3 unspecified atom stereocenters. The van der Waals surface area contributed by atoms with Crippen LogP contribution in [-0.4, -0.2) is 0 Å². The predicted molar refractivity (Wildman–Crippen MR) is 549 cm³/mol. The van der Waals surface area contributed by atoms with Gasteiger partial charge in [-0.15, -0.1) is 0 Å². The van der Waals surface area contributed by atoms with E-state index in [4.69, 9.17) is 17.0 Å². The molecule has 120 heavy (non-hydrogen) atoms. The van der Waals surface area contributed by atoms with Crippen molar-refractivity contribution >= 4 is 82.4 Å². The van der Waals surface area contributed by atoms with Gasteiger partial charge in [0.05, 0.1) is 0 Å². The molecule has 0 amide bonds. The topological polar surface area (TPSA) is 0 Å². The minimum absolute atomic E-state index is 0. The van der Waals surface area contributed by atoms with Gasteiger partial charge in [-0.1, -0.05) is 289 Å². The summed E-state index contributed by atoms with van der Waals surface area (Å²) in [7, 11) is 9.87. The first-order valence-corrected chi connectivity index (χ1v) is 44.9. The maximum Gasteiger partial charge on any atom is 4.00 e. The van der Waals surface area contributed by atoms with E-state index in [1.165, 1.54) is 166 Å². The SMILES string of the molecule is CC1=C(C)C(C)C(C)=C1C.CC1=C(C)C(C)C(C)=C1C.CC1=CC(C)C(C)=C1C.CC1=CC(C)C(C)=C1C.CCC1=CC(CC)c2c1ccc1ccccc21.CCC1=CCc2c1ccc1ccccc21.CCC1=CCc2c1ccc1ccccc21.CCC1=CCc2c1ccc1ccccc21.[CH3-].[CH3-].[CH3-].[CH3-].[CH3-].[CH3-].[CH3-].[CH3-].[CH3-].[CH3-].[CH3-].[CH3-].[CH3-].[CH3-].[Cl][Zr+2][Cl].[Zr+4].[Zr+4].[Zr+4]. The van der Waals surface area contributed by atoms with Gasteiger partial charge in [0, 0.05) is 5.92 Å². The van der Waals surface area contributed by atoms with Crippen molar-refractivity contribution < 1.29 is 99.5 Å². The number of hydrogen-bond donors (Lipinski definition) is 0. The molecule has 0 heterocycles. The van der Waals surface area contributed by atoms with E-state index < -0.39 is 20.8 Å². The average molecular weight is 1970 g/mol. The number of fused-ring (bicyclic) bond motifs is 12. The zero-order valence-electron chi connectivity index (χ0n) is 82.6. The molecule has 0 fully saturated rings. The van der Waals surface area contributed by atoms with Crippen molar-refractivity contribution in [3.05, 3.63) is 409 Å². The standard InChI is InChI=1S/C17H18.3C15H14.2C10H16.2C9H14.14CH3.2ClH.4Zr/c1-3-12-11-13(4-2)17-15-8-6-5-7-14(15)9-10-16(12)17;3*1-2-11-7-10-15-13-6-4-3-5-12(13)8-9-14(11)15;2*1-6-7(2)9(4)10(5)8(6)3;2*1-6-5-7(2)9(4)8(6)3;;;;;;;;;;;;;;;;;;;;/h5-11,13H,3-4H2,1-2H3;3*3-9H,2,10H2,1H3;2*6H,1-5H3;2*5-6H,1-4H3;14*1H3;2*1H;;;;/q;;;;;;;;14*-1;;;4*+4/p-2. The summed E-state index contributed by atoms with van der Waals surface area (Å²) in [5.41, 5.74) is 39.2. The summed E-state index contributed by atoms with van der Waals surface area (Å²) in [4.78, 5) is 0. The number of benzene rings is 8. The molecular formula is C114H162Cl2Zr4. The molecule has 0 N–H and O–H groups in total. The quantitative estimate of drug-likeness (QED) is 0.151. The second kappa shape index (κ2) is 64.5. The zero-order chi connectivity index (χ0) is 75.1. The maximum absolute atomic E-state index is 4.93. The van der Waals surface area contributed by atoms with Crippen LogP contribution in [0.3, 0.4) is 0 Å². The van der Waals surface area contributed by atoms with Gasteiger partial charge in [0.2, 0.25) is 0 Å². The predicted octanol–water partition coefficient (Wildman–Crippen LogP) is 37.8. The maximum atomic E-state index is 4.93. The fraction of sp³-hybridized carbons (Fsp3) is 0.316. The third kappa shape index (κ3) is 32.0. The largest absolute Gasteiger partial charge is 4.00 e. The Morgan fingerprint density at radius 1 is 0.283 bits per heavy atom. The van der Waals surface area contributed by atoms with Gasteiger partial charge in [0.25, 0.3) is 0 Å². The van der Waals surface area contributed by atoms with Crippen LogP contribution < -0.4 is 0 Å². The van der Waals surface area contributed by atoms with Crippen LogP contribution in [0.5, 0.6) is 0 Å². The zero-order valence-corrected chi connectivity index (χ0v) is 94.0. The molecular weight excluding hydrogens is 1810 g/mol. The van der Waals surface area contributed by atoms with Crippen molar-refractivity contribution in [2.45, 2.75) is 217 Å². The van der Waals surface area contributed by atoms with Gasteiger partial charge in [-0.05, 0) is 315 Å². The van der Waals surface area contributed by atoms with Gasteiger partial charge in [-0.2, -0.15) is 0 Å². The van der Waals surface area contributed by atoms with Crippen LogP contribution in [0.25, 0.3) is 65.4 Å². The van der Waals surface area contributed by atoms with Gasteiger partial charge in [-0.3, -0.25) is 0 Å². The Bertz CT molecular complexity index is 4450. The van der Waals surface area contributed by atoms with E-state index in [0.29, 0.717) is 29.6 Å². The number of allylic oxidation sites excluding steroid dienone is 24. The number of hydrogen-bond acceptors (Lipinski definition) is 0. The summed E-state index contributed by atoms with van der Waals surface area (Å²) in [5, 5.41) is 11.2. The Hall–Kier alpha value is -4.21. The minimum Gasteiger partial charge on any atom is 4.00 e. The van der Waals surface area contributed by atoms with Crippen LogP contribution in [0, 0.1) is 128 Å². The van der Waals surface area contributed by atoms with E-state index in [1.807, 2.05) is 0 Å². The second-order valence-corrected chi connectivity index (χ2v) is 33.5. The molecule has 648 valence electrons. The molecule has 8 aliphatic carbocycles. The van der Waals surface area contributed by atoms with Crippen LogP contribution >= 0.6 is 17.0 Å². The smallest absolute Gasteiger partial charge is 4.00 e. The molecule has 8 aromatic rings. The number of rotatable bonds is 5.